The summed E-state index contributed by atoms with van der Waals surface area (Å²) in [6, 6.07) is 16.8. The van der Waals surface area contributed by atoms with E-state index >= 15 is 0 Å². The zero-order chi connectivity index (χ0) is 33.4. The van der Waals surface area contributed by atoms with E-state index in [4.69, 9.17) is 9.47 Å². The molecule has 1 amide bonds. The number of benzene rings is 3. The maximum absolute atomic E-state index is 14.0. The molecule has 2 atom stereocenters. The number of H-pyrrole nitrogens is 2. The van der Waals surface area contributed by atoms with Gasteiger partial charge in [0.1, 0.15) is 6.29 Å². The Kier molecular flexibility index (Phi) is 11.7. The normalized spacial score (nSPS) is 12.3. The van der Waals surface area contributed by atoms with Gasteiger partial charge < -0.3 is 29.1 Å². The van der Waals surface area contributed by atoms with Crippen LogP contribution in [0.4, 0.5) is 0 Å². The van der Waals surface area contributed by atoms with E-state index in [9.17, 15) is 9.59 Å². The molecule has 3 aromatic carbocycles. The topological polar surface area (TPSA) is 87.4 Å². The number of rotatable bonds is 13. The Morgan fingerprint density at radius 2 is 1.50 bits per heavy atom. The van der Waals surface area contributed by atoms with Gasteiger partial charge in [0.25, 0.3) is 0 Å². The smallest absolute Gasteiger partial charge is 0.223 e. The van der Waals surface area contributed by atoms with Gasteiger partial charge in [-0.05, 0) is 85.2 Å². The van der Waals surface area contributed by atoms with Crippen molar-refractivity contribution in [3.63, 3.8) is 0 Å². The maximum Gasteiger partial charge on any atom is 0.223 e. The number of nitrogens with zero attached hydrogens (tertiary/aromatic N) is 1. The molecule has 5 rings (SSSR count). The molecule has 0 aliphatic heterocycles. The fourth-order valence-electron chi connectivity index (χ4n) is 6.40. The van der Waals surface area contributed by atoms with Crippen LogP contribution in [0.15, 0.2) is 60.9 Å². The molecule has 0 aliphatic carbocycles. The van der Waals surface area contributed by atoms with Crippen molar-refractivity contribution in [1.82, 2.24) is 14.9 Å². The van der Waals surface area contributed by atoms with E-state index in [-0.39, 0.29) is 17.7 Å². The Bertz CT molecular complexity index is 1760. The summed E-state index contributed by atoms with van der Waals surface area (Å²) in [5.74, 6) is 1.25. The van der Waals surface area contributed by atoms with Crippen LogP contribution in [0.1, 0.15) is 85.3 Å². The number of aromatic amines is 2. The van der Waals surface area contributed by atoms with Gasteiger partial charge in [0, 0.05) is 66.6 Å². The second kappa shape index (κ2) is 15.7. The zero-order valence-electron chi connectivity index (χ0n) is 28.6. The lowest BCUT2D eigenvalue weighted by molar-refractivity contribution is -0.130. The summed E-state index contributed by atoms with van der Waals surface area (Å²) in [6.45, 7) is 10.8. The first-order valence-corrected chi connectivity index (χ1v) is 16.4. The van der Waals surface area contributed by atoms with Gasteiger partial charge in [-0.15, -0.1) is 0 Å². The minimum atomic E-state index is -0.201. The Hall–Kier alpha value is -4.52. The first-order valence-electron chi connectivity index (χ1n) is 16.4. The third-order valence-electron chi connectivity index (χ3n) is 8.91. The Morgan fingerprint density at radius 3 is 2.07 bits per heavy atom. The highest BCUT2D eigenvalue weighted by molar-refractivity contribution is 5.87. The second-order valence-electron chi connectivity index (χ2n) is 11.8. The van der Waals surface area contributed by atoms with Gasteiger partial charge in [0.2, 0.25) is 5.91 Å². The number of aromatic nitrogens is 2. The highest BCUT2D eigenvalue weighted by Crippen LogP contribution is 2.41. The number of fused-ring (bicyclic) bond motifs is 2. The van der Waals surface area contributed by atoms with Crippen molar-refractivity contribution < 1.29 is 19.1 Å². The monoisotopic (exact) mass is 623 g/mol. The number of ether oxygens (including phenoxy) is 2. The molecule has 0 saturated heterocycles. The average molecular weight is 624 g/mol. The number of carbonyl (C=O) groups is 2. The van der Waals surface area contributed by atoms with Gasteiger partial charge in [-0.25, -0.2) is 0 Å². The van der Waals surface area contributed by atoms with E-state index in [1.54, 1.807) is 14.2 Å². The van der Waals surface area contributed by atoms with Gasteiger partial charge in [-0.1, -0.05) is 50.1 Å². The zero-order valence-corrected chi connectivity index (χ0v) is 28.6. The lowest BCUT2D eigenvalue weighted by Gasteiger charge is -2.25. The lowest BCUT2D eigenvalue weighted by Crippen LogP contribution is -2.30. The summed E-state index contributed by atoms with van der Waals surface area (Å²) in [7, 11) is 5.17. The standard InChI is InChI=1S/C37H43N3O4.C2H6/c1-7-25-18-27(19-35(43-5)37(25)44-6)28(32-22-39-34-11-9-24(3)17-30(32)34)20-36(42)40(4)14-12-26(13-15-41)31-21-38-33-10-8-23(2)16-29(31)33;1-2/h8-11,15-19,21-22,26,28,38-39H,7,12-14,20H2,1-6H3;1-2H3. The van der Waals surface area contributed by atoms with Crippen LogP contribution in [-0.2, 0) is 16.0 Å². The molecule has 0 saturated carbocycles. The fraction of sp³-hybridized carbons (Fsp3) is 0.385. The van der Waals surface area contributed by atoms with Crippen molar-refractivity contribution in [3.05, 3.63) is 94.3 Å². The van der Waals surface area contributed by atoms with Crippen LogP contribution in [0.3, 0.4) is 0 Å². The van der Waals surface area contributed by atoms with Crippen LogP contribution in [0.25, 0.3) is 21.8 Å². The molecule has 0 spiro atoms. The van der Waals surface area contributed by atoms with Crippen molar-refractivity contribution >= 4 is 34.0 Å². The Labute approximate surface area is 273 Å². The maximum atomic E-state index is 14.0. The van der Waals surface area contributed by atoms with Crippen LogP contribution < -0.4 is 9.47 Å². The average Bonchev–Trinajstić information content (AvgIpc) is 3.69. The van der Waals surface area contributed by atoms with E-state index in [1.807, 2.05) is 44.3 Å². The quantitative estimate of drug-likeness (QED) is 0.129. The van der Waals surface area contributed by atoms with Crippen LogP contribution in [0, 0.1) is 13.8 Å². The van der Waals surface area contributed by atoms with Crippen molar-refractivity contribution in [2.75, 3.05) is 27.8 Å². The molecule has 2 heterocycles. The van der Waals surface area contributed by atoms with E-state index in [2.05, 4.69) is 73.2 Å². The lowest BCUT2D eigenvalue weighted by atomic mass is 9.86. The summed E-state index contributed by atoms with van der Waals surface area (Å²) in [6.07, 6.45) is 7.19. The Balaban J connectivity index is 0.00000235. The van der Waals surface area contributed by atoms with Gasteiger partial charge >= 0.3 is 0 Å². The van der Waals surface area contributed by atoms with Crippen LogP contribution in [-0.4, -0.2) is 54.9 Å². The number of hydrogen-bond acceptors (Lipinski definition) is 4. The van der Waals surface area contributed by atoms with Gasteiger partial charge in [0.15, 0.2) is 11.5 Å². The summed E-state index contributed by atoms with van der Waals surface area (Å²) < 4.78 is 11.4. The number of aldehydes is 1. The molecular formula is C39H49N3O4. The molecule has 244 valence electrons. The Morgan fingerprint density at radius 1 is 0.891 bits per heavy atom. The van der Waals surface area contributed by atoms with E-state index in [0.29, 0.717) is 31.6 Å². The molecule has 0 fully saturated rings. The van der Waals surface area contributed by atoms with Crippen LogP contribution in [0.2, 0.25) is 0 Å². The largest absolute Gasteiger partial charge is 0.493 e. The summed E-state index contributed by atoms with van der Waals surface area (Å²) >= 11 is 0. The minimum absolute atomic E-state index is 0.0173. The molecule has 0 aliphatic rings. The van der Waals surface area contributed by atoms with Crippen LogP contribution in [0.5, 0.6) is 11.5 Å². The van der Waals surface area contributed by atoms with Gasteiger partial charge in [-0.2, -0.15) is 0 Å². The fourth-order valence-corrected chi connectivity index (χ4v) is 6.40. The van der Waals surface area contributed by atoms with Crippen molar-refractivity contribution in [2.24, 2.45) is 0 Å². The summed E-state index contributed by atoms with van der Waals surface area (Å²) in [5, 5.41) is 2.25. The number of hydrogen-bond donors (Lipinski definition) is 2. The summed E-state index contributed by atoms with van der Waals surface area (Å²) in [5.41, 5.74) is 8.69. The van der Waals surface area contributed by atoms with Gasteiger partial charge in [0.05, 0.1) is 14.2 Å². The summed E-state index contributed by atoms with van der Waals surface area (Å²) in [4.78, 5) is 34.2. The highest BCUT2D eigenvalue weighted by atomic mass is 16.5. The molecule has 0 radical (unpaired) electrons. The van der Waals surface area contributed by atoms with Gasteiger partial charge in [-0.3, -0.25) is 4.79 Å². The second-order valence-corrected chi connectivity index (χ2v) is 11.8. The highest BCUT2D eigenvalue weighted by Gasteiger charge is 2.26. The number of amides is 1. The molecule has 5 aromatic rings. The number of carbonyl (C=O) groups excluding carboxylic acids is 2. The van der Waals surface area contributed by atoms with E-state index in [1.165, 1.54) is 5.56 Å². The van der Waals surface area contributed by atoms with Crippen molar-refractivity contribution in [1.29, 1.82) is 0 Å². The first-order chi connectivity index (χ1) is 22.3. The predicted molar refractivity (Wildman–Crippen MR) is 188 cm³/mol. The molecular weight excluding hydrogens is 574 g/mol. The molecule has 7 heteroatoms. The molecule has 2 aromatic heterocycles. The molecule has 2 unspecified atom stereocenters. The third kappa shape index (κ3) is 7.30. The first kappa shape index (κ1) is 34.4. The molecule has 7 nitrogen and oxygen atoms in total. The molecule has 46 heavy (non-hydrogen) atoms. The molecule has 2 N–H and O–H groups in total. The van der Waals surface area contributed by atoms with E-state index in [0.717, 1.165) is 68.1 Å². The van der Waals surface area contributed by atoms with Crippen molar-refractivity contribution in [2.45, 2.75) is 72.1 Å². The minimum Gasteiger partial charge on any atom is -0.493 e. The SMILES string of the molecule is CC.CCc1cc(C(CC(=O)N(C)CCC(CC=O)c2c[nH]c3ccc(C)cc23)c2c[nH]c3ccc(C)cc23)cc(OC)c1OC. The number of aryl methyl sites for hydroxylation is 3. The molecule has 0 bridgehead atoms. The number of nitrogens with one attached hydrogen (secondary N) is 2. The predicted octanol–water partition coefficient (Wildman–Crippen LogP) is 8.62. The number of methoxy groups -OCH3 is 2. The van der Waals surface area contributed by atoms with Crippen LogP contribution >= 0.6 is 0 Å². The third-order valence-corrected chi connectivity index (χ3v) is 8.91. The van der Waals surface area contributed by atoms with E-state index < -0.39 is 0 Å². The van der Waals surface area contributed by atoms with Crippen molar-refractivity contribution in [3.8, 4) is 11.5 Å².